The van der Waals surface area contributed by atoms with E-state index in [1.54, 1.807) is 7.11 Å². The van der Waals surface area contributed by atoms with E-state index in [-0.39, 0.29) is 0 Å². The van der Waals surface area contributed by atoms with E-state index in [1.807, 2.05) is 0 Å². The van der Waals surface area contributed by atoms with E-state index in [2.05, 4.69) is 47.4 Å². The van der Waals surface area contributed by atoms with Gasteiger partial charge in [0.05, 0.1) is 7.11 Å². The Balaban J connectivity index is 1.74. The lowest BCUT2D eigenvalue weighted by Gasteiger charge is -2.36. The van der Waals surface area contributed by atoms with Crippen LogP contribution in [0, 0.1) is 0 Å². The fourth-order valence-electron chi connectivity index (χ4n) is 3.85. The van der Waals surface area contributed by atoms with Crippen molar-refractivity contribution in [3.63, 3.8) is 0 Å². The Kier molecular flexibility index (Phi) is 3.19. The van der Waals surface area contributed by atoms with Crippen LogP contribution in [0.15, 0.2) is 42.5 Å². The quantitative estimate of drug-likeness (QED) is 0.793. The van der Waals surface area contributed by atoms with Gasteiger partial charge in [0.15, 0.2) is 0 Å². The normalized spacial score (nSPS) is 20.9. The van der Waals surface area contributed by atoms with E-state index in [0.29, 0.717) is 6.04 Å². The van der Waals surface area contributed by atoms with Crippen molar-refractivity contribution in [1.82, 2.24) is 4.90 Å². The molecule has 2 heteroatoms. The van der Waals surface area contributed by atoms with E-state index >= 15 is 0 Å². The monoisotopic (exact) mass is 279 g/mol. The maximum absolute atomic E-state index is 5.38. The number of methoxy groups -OCH3 is 1. The van der Waals surface area contributed by atoms with Crippen molar-refractivity contribution in [3.8, 4) is 5.75 Å². The summed E-state index contributed by atoms with van der Waals surface area (Å²) in [6, 6.07) is 16.1. The van der Waals surface area contributed by atoms with Gasteiger partial charge in [-0.05, 0) is 53.6 Å². The molecule has 4 rings (SSSR count). The first-order valence-electron chi connectivity index (χ1n) is 7.83. The molecule has 2 aliphatic rings. The Morgan fingerprint density at radius 1 is 0.952 bits per heavy atom. The third-order valence-corrected chi connectivity index (χ3v) is 5.02. The minimum absolute atomic E-state index is 0.531. The number of ether oxygens (including phenoxy) is 1. The van der Waals surface area contributed by atoms with Crippen LogP contribution >= 0.6 is 0 Å². The minimum atomic E-state index is 0.531. The van der Waals surface area contributed by atoms with Gasteiger partial charge in [0.2, 0.25) is 0 Å². The average Bonchev–Trinajstić information content (AvgIpc) is 2.73. The number of benzene rings is 2. The standard InChI is InChI=1S/C19H21NO/c1-21-17-6-7-18-16(12-17)9-11-20-10-8-14-4-2-3-5-15(14)13-19(18)20/h2-7,12,19H,8-11,13H2,1H3. The average molecular weight is 279 g/mol. The summed E-state index contributed by atoms with van der Waals surface area (Å²) >= 11 is 0. The molecule has 1 unspecified atom stereocenters. The molecule has 0 aliphatic carbocycles. The highest BCUT2D eigenvalue weighted by molar-refractivity contribution is 5.41. The van der Waals surface area contributed by atoms with Crippen molar-refractivity contribution in [2.24, 2.45) is 0 Å². The van der Waals surface area contributed by atoms with E-state index in [4.69, 9.17) is 4.74 Å². The molecule has 21 heavy (non-hydrogen) atoms. The van der Waals surface area contributed by atoms with Gasteiger partial charge in [0.1, 0.15) is 5.75 Å². The third kappa shape index (κ3) is 2.24. The molecular weight excluding hydrogens is 258 g/mol. The van der Waals surface area contributed by atoms with Crippen LogP contribution < -0.4 is 4.74 Å². The highest BCUT2D eigenvalue weighted by atomic mass is 16.5. The number of rotatable bonds is 1. The number of hydrogen-bond donors (Lipinski definition) is 0. The van der Waals surface area contributed by atoms with Gasteiger partial charge < -0.3 is 4.74 Å². The summed E-state index contributed by atoms with van der Waals surface area (Å²) in [7, 11) is 1.75. The fraction of sp³-hybridized carbons (Fsp3) is 0.368. The summed E-state index contributed by atoms with van der Waals surface area (Å²) in [5.41, 5.74) is 6.02. The van der Waals surface area contributed by atoms with Gasteiger partial charge in [0, 0.05) is 19.1 Å². The highest BCUT2D eigenvalue weighted by Crippen LogP contribution is 2.36. The summed E-state index contributed by atoms with van der Waals surface area (Å²) < 4.78 is 5.38. The molecule has 0 spiro atoms. The van der Waals surface area contributed by atoms with Crippen molar-refractivity contribution in [1.29, 1.82) is 0 Å². The molecule has 0 saturated carbocycles. The minimum Gasteiger partial charge on any atom is -0.497 e. The van der Waals surface area contributed by atoms with Gasteiger partial charge in [-0.15, -0.1) is 0 Å². The molecule has 2 heterocycles. The number of fused-ring (bicyclic) bond motifs is 4. The van der Waals surface area contributed by atoms with Gasteiger partial charge in [-0.3, -0.25) is 4.90 Å². The van der Waals surface area contributed by atoms with Crippen molar-refractivity contribution in [2.75, 3.05) is 20.2 Å². The Morgan fingerprint density at radius 3 is 2.52 bits per heavy atom. The predicted octanol–water partition coefficient (Wildman–Crippen LogP) is 3.39. The second kappa shape index (κ2) is 5.19. The van der Waals surface area contributed by atoms with Crippen molar-refractivity contribution in [3.05, 3.63) is 64.7 Å². The molecule has 0 bridgehead atoms. The first kappa shape index (κ1) is 12.9. The zero-order valence-corrected chi connectivity index (χ0v) is 12.5. The van der Waals surface area contributed by atoms with Crippen LogP contribution in [-0.2, 0) is 19.3 Å². The van der Waals surface area contributed by atoms with Crippen LogP contribution in [0.4, 0.5) is 0 Å². The summed E-state index contributed by atoms with van der Waals surface area (Å²) in [6.45, 7) is 2.34. The first-order valence-corrected chi connectivity index (χ1v) is 7.83. The third-order valence-electron chi connectivity index (χ3n) is 5.02. The second-order valence-electron chi connectivity index (χ2n) is 6.09. The Hall–Kier alpha value is -1.80. The molecule has 0 N–H and O–H groups in total. The van der Waals surface area contributed by atoms with Gasteiger partial charge in [-0.25, -0.2) is 0 Å². The molecule has 0 fully saturated rings. The predicted molar refractivity (Wildman–Crippen MR) is 84.9 cm³/mol. The maximum Gasteiger partial charge on any atom is 0.119 e. The SMILES string of the molecule is COc1ccc2c(c1)CCN1CCc3ccccc3CC21. The summed E-state index contributed by atoms with van der Waals surface area (Å²) in [5.74, 6) is 0.983. The van der Waals surface area contributed by atoms with Crippen molar-refractivity contribution in [2.45, 2.75) is 25.3 Å². The molecule has 2 aromatic rings. The Labute approximate surface area is 126 Å². The topological polar surface area (TPSA) is 12.5 Å². The van der Waals surface area contributed by atoms with Crippen LogP contribution in [0.5, 0.6) is 5.75 Å². The van der Waals surface area contributed by atoms with E-state index in [0.717, 1.165) is 18.6 Å². The van der Waals surface area contributed by atoms with Crippen LogP contribution in [0.3, 0.4) is 0 Å². The van der Waals surface area contributed by atoms with E-state index in [1.165, 1.54) is 41.8 Å². The molecule has 0 radical (unpaired) electrons. The van der Waals surface area contributed by atoms with E-state index < -0.39 is 0 Å². The fourth-order valence-corrected chi connectivity index (χ4v) is 3.85. The molecule has 2 nitrogen and oxygen atoms in total. The van der Waals surface area contributed by atoms with Crippen LogP contribution in [-0.4, -0.2) is 25.1 Å². The van der Waals surface area contributed by atoms with E-state index in [9.17, 15) is 0 Å². The number of nitrogens with zero attached hydrogens (tertiary/aromatic N) is 1. The molecule has 0 aromatic heterocycles. The summed E-state index contributed by atoms with van der Waals surface area (Å²) in [6.07, 6.45) is 3.45. The molecule has 108 valence electrons. The Bertz CT molecular complexity index is 664. The summed E-state index contributed by atoms with van der Waals surface area (Å²) in [5, 5.41) is 0. The molecule has 2 aliphatic heterocycles. The van der Waals surface area contributed by atoms with Crippen LogP contribution in [0.1, 0.15) is 28.3 Å². The smallest absolute Gasteiger partial charge is 0.119 e. The Morgan fingerprint density at radius 2 is 1.71 bits per heavy atom. The van der Waals surface area contributed by atoms with Crippen molar-refractivity contribution >= 4 is 0 Å². The zero-order valence-electron chi connectivity index (χ0n) is 12.5. The molecule has 2 aromatic carbocycles. The molecular formula is C19H21NO. The first-order chi connectivity index (χ1) is 10.3. The van der Waals surface area contributed by atoms with Gasteiger partial charge in [-0.2, -0.15) is 0 Å². The lowest BCUT2D eigenvalue weighted by molar-refractivity contribution is 0.192. The van der Waals surface area contributed by atoms with Gasteiger partial charge in [-0.1, -0.05) is 30.3 Å². The lowest BCUT2D eigenvalue weighted by Crippen LogP contribution is -2.36. The van der Waals surface area contributed by atoms with Gasteiger partial charge in [0.25, 0.3) is 0 Å². The second-order valence-corrected chi connectivity index (χ2v) is 6.09. The van der Waals surface area contributed by atoms with Crippen LogP contribution in [0.2, 0.25) is 0 Å². The maximum atomic E-state index is 5.38. The zero-order chi connectivity index (χ0) is 14.2. The highest BCUT2D eigenvalue weighted by Gasteiger charge is 2.30. The summed E-state index contributed by atoms with van der Waals surface area (Å²) in [4.78, 5) is 2.66. The molecule has 0 amide bonds. The molecule has 0 saturated heterocycles. The lowest BCUT2D eigenvalue weighted by atomic mass is 9.89. The largest absolute Gasteiger partial charge is 0.497 e. The van der Waals surface area contributed by atoms with Crippen LogP contribution in [0.25, 0.3) is 0 Å². The molecule has 1 atom stereocenters. The number of hydrogen-bond acceptors (Lipinski definition) is 2. The van der Waals surface area contributed by atoms with Crippen molar-refractivity contribution < 1.29 is 4.74 Å². The van der Waals surface area contributed by atoms with Gasteiger partial charge >= 0.3 is 0 Å².